The normalized spacial score (nSPS) is 10.2. The lowest BCUT2D eigenvalue weighted by Gasteiger charge is -2.04. The molecule has 0 aliphatic rings. The average molecular weight is 339 g/mol. The standard InChI is InChI=1S/C12H11BrN4O3/c13-10-4-2-1-3-9(10)12(20)14-5-8-6-17(16-15-8)7-11(18)19/h1-4,6H,5,7H2,(H,14,20)(H,18,19). The van der Waals surface area contributed by atoms with Gasteiger partial charge in [0.1, 0.15) is 12.2 Å². The van der Waals surface area contributed by atoms with Gasteiger partial charge >= 0.3 is 5.97 Å². The number of carbonyl (C=O) groups is 2. The number of carbonyl (C=O) groups excluding carboxylic acids is 1. The van der Waals surface area contributed by atoms with Crippen molar-refractivity contribution in [1.82, 2.24) is 20.3 Å². The molecule has 2 aromatic rings. The molecule has 1 aromatic heterocycles. The number of amides is 1. The minimum atomic E-state index is -1.00. The Morgan fingerprint density at radius 2 is 2.10 bits per heavy atom. The zero-order valence-corrected chi connectivity index (χ0v) is 11.9. The van der Waals surface area contributed by atoms with Gasteiger partial charge in [-0.25, -0.2) is 4.68 Å². The van der Waals surface area contributed by atoms with E-state index >= 15 is 0 Å². The first-order chi connectivity index (χ1) is 9.56. The van der Waals surface area contributed by atoms with Crippen LogP contribution in [0.1, 0.15) is 16.1 Å². The molecule has 7 nitrogen and oxygen atoms in total. The molecule has 1 amide bonds. The first-order valence-corrected chi connectivity index (χ1v) is 6.49. The van der Waals surface area contributed by atoms with E-state index in [0.29, 0.717) is 15.7 Å². The van der Waals surface area contributed by atoms with E-state index in [1.807, 2.05) is 6.07 Å². The number of nitrogens with zero attached hydrogens (tertiary/aromatic N) is 3. The van der Waals surface area contributed by atoms with Crippen LogP contribution in [-0.2, 0) is 17.9 Å². The summed E-state index contributed by atoms with van der Waals surface area (Å²) >= 11 is 3.30. The van der Waals surface area contributed by atoms with Crippen molar-refractivity contribution in [2.75, 3.05) is 0 Å². The van der Waals surface area contributed by atoms with Gasteiger partial charge in [0, 0.05) is 4.47 Å². The summed E-state index contributed by atoms with van der Waals surface area (Å²) < 4.78 is 1.90. The largest absolute Gasteiger partial charge is 0.480 e. The average Bonchev–Trinajstić information content (AvgIpc) is 2.83. The molecule has 0 aliphatic heterocycles. The van der Waals surface area contributed by atoms with Crippen LogP contribution in [0.25, 0.3) is 0 Å². The number of hydrogen-bond donors (Lipinski definition) is 2. The van der Waals surface area contributed by atoms with Crippen molar-refractivity contribution < 1.29 is 14.7 Å². The molecule has 0 unspecified atom stereocenters. The molecule has 0 atom stereocenters. The lowest BCUT2D eigenvalue weighted by atomic mass is 10.2. The van der Waals surface area contributed by atoms with E-state index in [-0.39, 0.29) is 19.0 Å². The van der Waals surface area contributed by atoms with E-state index in [2.05, 4.69) is 31.6 Å². The minimum Gasteiger partial charge on any atom is -0.480 e. The molecule has 104 valence electrons. The summed E-state index contributed by atoms with van der Waals surface area (Å²) in [6.45, 7) is -0.0784. The van der Waals surface area contributed by atoms with Crippen LogP contribution in [0.2, 0.25) is 0 Å². The number of aliphatic carboxylic acids is 1. The number of aromatic nitrogens is 3. The van der Waals surface area contributed by atoms with Crippen LogP contribution < -0.4 is 5.32 Å². The predicted octanol–water partition coefficient (Wildman–Crippen LogP) is 1.06. The smallest absolute Gasteiger partial charge is 0.325 e. The Morgan fingerprint density at radius 1 is 1.35 bits per heavy atom. The maximum absolute atomic E-state index is 11.9. The van der Waals surface area contributed by atoms with Crippen LogP contribution in [-0.4, -0.2) is 32.0 Å². The second-order valence-corrected chi connectivity index (χ2v) is 4.82. The second kappa shape index (κ2) is 6.29. The summed E-state index contributed by atoms with van der Waals surface area (Å²) in [6, 6.07) is 7.06. The Kier molecular flexibility index (Phi) is 4.46. The third-order valence-corrected chi connectivity index (χ3v) is 3.12. The fraction of sp³-hybridized carbons (Fsp3) is 0.167. The summed E-state index contributed by atoms with van der Waals surface area (Å²) in [5, 5.41) is 18.7. The van der Waals surface area contributed by atoms with Crippen molar-refractivity contribution in [2.24, 2.45) is 0 Å². The Balaban J connectivity index is 1.95. The SMILES string of the molecule is O=C(O)Cn1cc(CNC(=O)c2ccccc2Br)nn1. The van der Waals surface area contributed by atoms with E-state index < -0.39 is 5.97 Å². The van der Waals surface area contributed by atoms with Gasteiger partial charge in [-0.15, -0.1) is 5.10 Å². The van der Waals surface area contributed by atoms with Gasteiger partial charge in [-0.3, -0.25) is 9.59 Å². The lowest BCUT2D eigenvalue weighted by molar-refractivity contribution is -0.137. The highest BCUT2D eigenvalue weighted by molar-refractivity contribution is 9.10. The van der Waals surface area contributed by atoms with Crippen LogP contribution in [0.15, 0.2) is 34.9 Å². The number of carboxylic acid groups (broad SMARTS) is 1. The van der Waals surface area contributed by atoms with E-state index in [1.165, 1.54) is 10.9 Å². The summed E-state index contributed by atoms with van der Waals surface area (Å²) in [4.78, 5) is 22.4. The van der Waals surface area contributed by atoms with Crippen LogP contribution in [0.5, 0.6) is 0 Å². The number of benzene rings is 1. The summed E-state index contributed by atoms with van der Waals surface area (Å²) in [5.74, 6) is -1.25. The van der Waals surface area contributed by atoms with Crippen LogP contribution in [0, 0.1) is 0 Å². The molecule has 0 bridgehead atoms. The summed E-state index contributed by atoms with van der Waals surface area (Å²) in [6.07, 6.45) is 1.48. The molecule has 0 fully saturated rings. The maximum atomic E-state index is 11.9. The van der Waals surface area contributed by atoms with Gasteiger partial charge in [0.2, 0.25) is 0 Å². The van der Waals surface area contributed by atoms with Crippen LogP contribution in [0.4, 0.5) is 0 Å². The molecule has 0 aliphatic carbocycles. The third kappa shape index (κ3) is 3.64. The highest BCUT2D eigenvalue weighted by Gasteiger charge is 2.10. The molecule has 0 spiro atoms. The van der Waals surface area contributed by atoms with E-state index in [9.17, 15) is 9.59 Å². The van der Waals surface area contributed by atoms with Crippen LogP contribution in [0.3, 0.4) is 0 Å². The van der Waals surface area contributed by atoms with Crippen molar-refractivity contribution in [1.29, 1.82) is 0 Å². The molecular weight excluding hydrogens is 328 g/mol. The second-order valence-electron chi connectivity index (χ2n) is 3.96. The van der Waals surface area contributed by atoms with Crippen molar-refractivity contribution in [3.05, 3.63) is 46.2 Å². The number of halogens is 1. The Morgan fingerprint density at radius 3 is 2.80 bits per heavy atom. The molecule has 2 N–H and O–H groups in total. The fourth-order valence-electron chi connectivity index (χ4n) is 1.55. The van der Waals surface area contributed by atoms with Gasteiger partial charge in [-0.2, -0.15) is 0 Å². The van der Waals surface area contributed by atoms with E-state index in [1.54, 1.807) is 18.2 Å². The summed E-state index contributed by atoms with van der Waals surface area (Å²) in [7, 11) is 0. The summed E-state index contributed by atoms with van der Waals surface area (Å²) in [5.41, 5.74) is 1.01. The van der Waals surface area contributed by atoms with Gasteiger partial charge in [0.25, 0.3) is 5.91 Å². The fourth-order valence-corrected chi connectivity index (χ4v) is 2.01. The van der Waals surface area contributed by atoms with Gasteiger partial charge in [-0.05, 0) is 28.1 Å². The van der Waals surface area contributed by atoms with Gasteiger partial charge in [-0.1, -0.05) is 17.3 Å². The molecular formula is C12H11BrN4O3. The Labute approximate surface area is 122 Å². The predicted molar refractivity (Wildman–Crippen MR) is 73.0 cm³/mol. The number of hydrogen-bond acceptors (Lipinski definition) is 4. The molecule has 1 aromatic carbocycles. The lowest BCUT2D eigenvalue weighted by Crippen LogP contribution is -2.23. The molecule has 1 heterocycles. The Bertz CT molecular complexity index is 641. The first kappa shape index (κ1) is 14.2. The van der Waals surface area contributed by atoms with E-state index in [0.717, 1.165) is 0 Å². The molecule has 0 radical (unpaired) electrons. The molecule has 2 rings (SSSR count). The van der Waals surface area contributed by atoms with Gasteiger partial charge in [0.15, 0.2) is 0 Å². The third-order valence-electron chi connectivity index (χ3n) is 2.43. The van der Waals surface area contributed by atoms with Crippen LogP contribution >= 0.6 is 15.9 Å². The van der Waals surface area contributed by atoms with Crippen molar-refractivity contribution in [3.63, 3.8) is 0 Å². The monoisotopic (exact) mass is 338 g/mol. The maximum Gasteiger partial charge on any atom is 0.325 e. The number of carboxylic acids is 1. The molecule has 0 saturated heterocycles. The van der Waals surface area contributed by atoms with Crippen molar-refractivity contribution >= 4 is 27.8 Å². The number of nitrogens with one attached hydrogen (secondary N) is 1. The van der Waals surface area contributed by atoms with Gasteiger partial charge < -0.3 is 10.4 Å². The minimum absolute atomic E-state index is 0.180. The Hall–Kier alpha value is -2.22. The highest BCUT2D eigenvalue weighted by atomic mass is 79.9. The quantitative estimate of drug-likeness (QED) is 0.849. The molecule has 8 heteroatoms. The van der Waals surface area contributed by atoms with Gasteiger partial charge in [0.05, 0.1) is 18.3 Å². The number of rotatable bonds is 5. The topological polar surface area (TPSA) is 97.1 Å². The zero-order chi connectivity index (χ0) is 14.5. The molecule has 20 heavy (non-hydrogen) atoms. The zero-order valence-electron chi connectivity index (χ0n) is 10.3. The molecule has 0 saturated carbocycles. The van der Waals surface area contributed by atoms with Crippen molar-refractivity contribution in [3.8, 4) is 0 Å². The van der Waals surface area contributed by atoms with E-state index in [4.69, 9.17) is 5.11 Å². The first-order valence-electron chi connectivity index (χ1n) is 5.70. The van der Waals surface area contributed by atoms with Crippen molar-refractivity contribution in [2.45, 2.75) is 13.1 Å². The highest BCUT2D eigenvalue weighted by Crippen LogP contribution is 2.15.